The normalized spacial score (nSPS) is 12.2. The van der Waals surface area contributed by atoms with E-state index >= 15 is 0 Å². The second kappa shape index (κ2) is 7.62. The number of hydroxylamine groups is 3. The average Bonchev–Trinajstić information content (AvgIpc) is 2.24. The number of hydrogen-bond acceptors (Lipinski definition) is 5. The van der Waals surface area contributed by atoms with E-state index in [-0.39, 0.29) is 23.6 Å². The molecule has 0 aliphatic carbocycles. The molecule has 0 fully saturated rings. The van der Waals surface area contributed by atoms with Crippen LogP contribution >= 0.6 is 0 Å². The Labute approximate surface area is 115 Å². The fourth-order valence-electron chi connectivity index (χ4n) is 1.18. The minimum Gasteiger partial charge on any atom is -0.456 e. The molecule has 0 amide bonds. The van der Waals surface area contributed by atoms with Crippen LogP contribution in [-0.4, -0.2) is 52.0 Å². The summed E-state index contributed by atoms with van der Waals surface area (Å²) in [6.45, 7) is 7.23. The predicted molar refractivity (Wildman–Crippen MR) is 72.5 cm³/mol. The van der Waals surface area contributed by atoms with Crippen LogP contribution in [0, 0.1) is 0 Å². The van der Waals surface area contributed by atoms with Gasteiger partial charge in [0, 0.05) is 5.57 Å². The van der Waals surface area contributed by atoms with Crippen molar-refractivity contribution in [3.8, 4) is 0 Å². The molecule has 0 aliphatic heterocycles. The lowest BCUT2D eigenvalue weighted by atomic mass is 10.4. The molecule has 0 bridgehead atoms. The van der Waals surface area contributed by atoms with Crippen molar-refractivity contribution < 1.29 is 26.9 Å². The highest BCUT2D eigenvalue weighted by Gasteiger charge is 2.27. The molecule has 0 aromatic heterocycles. The van der Waals surface area contributed by atoms with Crippen LogP contribution < -0.4 is 0 Å². The van der Waals surface area contributed by atoms with Crippen molar-refractivity contribution >= 4 is 16.1 Å². The number of unbranched alkanes of at least 4 members (excludes halogenated alkanes) is 1. The van der Waals surface area contributed by atoms with E-state index in [4.69, 9.17) is 9.02 Å². The Hall–Kier alpha value is -0.920. The highest BCUT2D eigenvalue weighted by molar-refractivity contribution is 7.86. The van der Waals surface area contributed by atoms with Gasteiger partial charge in [0.15, 0.2) is 0 Å². The first-order valence-electron chi connectivity index (χ1n) is 6.19. The van der Waals surface area contributed by atoms with Gasteiger partial charge >= 0.3 is 16.1 Å². The molecule has 0 saturated carbocycles. The van der Waals surface area contributed by atoms with Gasteiger partial charge in [0.25, 0.3) is 0 Å². The molecular weight excluding hydrogens is 270 g/mol. The monoisotopic (exact) mass is 294 g/mol. The van der Waals surface area contributed by atoms with Crippen molar-refractivity contribution in [1.82, 2.24) is 0 Å². The minimum absolute atomic E-state index is 0.00324. The van der Waals surface area contributed by atoms with Crippen molar-refractivity contribution in [3.63, 3.8) is 0 Å². The highest BCUT2D eigenvalue weighted by Crippen LogP contribution is 2.08. The van der Waals surface area contributed by atoms with Crippen molar-refractivity contribution in [3.05, 3.63) is 12.2 Å². The summed E-state index contributed by atoms with van der Waals surface area (Å²) in [5, 5.41) is 0. The molecule has 0 N–H and O–H groups in total. The molecule has 0 heterocycles. The Morgan fingerprint density at radius 1 is 1.32 bits per heavy atom. The van der Waals surface area contributed by atoms with Crippen molar-refractivity contribution in [2.45, 2.75) is 26.7 Å². The molecule has 112 valence electrons. The number of nitrogens with zero attached hydrogens (tertiary/aromatic N) is 1. The standard InChI is InChI=1S/C12H24NO5S/c1-6-7-10-19(15,16)18-13(4,5)8-9-17-12(14)11(2)3/h2,6-10H2,1,3-5H3/q+1. The first-order valence-corrected chi connectivity index (χ1v) is 7.77. The van der Waals surface area contributed by atoms with Crippen LogP contribution in [0.2, 0.25) is 0 Å². The second-order valence-corrected chi connectivity index (χ2v) is 6.58. The summed E-state index contributed by atoms with van der Waals surface area (Å²) in [6.07, 6.45) is 1.35. The summed E-state index contributed by atoms with van der Waals surface area (Å²) in [5.74, 6) is -0.495. The molecule has 0 aliphatic rings. The topological polar surface area (TPSA) is 69.7 Å². The summed E-state index contributed by atoms with van der Waals surface area (Å²) in [6, 6.07) is 0. The number of ether oxygens (including phenoxy) is 1. The fourth-order valence-corrected chi connectivity index (χ4v) is 2.59. The van der Waals surface area contributed by atoms with Gasteiger partial charge in [-0.2, -0.15) is 13.1 Å². The summed E-state index contributed by atoms with van der Waals surface area (Å²) in [4.78, 5) is 11.2. The Bertz CT molecular complexity index is 414. The van der Waals surface area contributed by atoms with Crippen LogP contribution in [0.25, 0.3) is 0 Å². The van der Waals surface area contributed by atoms with Crippen LogP contribution in [0.4, 0.5) is 0 Å². The minimum atomic E-state index is -3.55. The molecule has 0 rings (SSSR count). The van der Waals surface area contributed by atoms with E-state index in [1.54, 1.807) is 21.0 Å². The zero-order valence-corrected chi connectivity index (χ0v) is 13.0. The van der Waals surface area contributed by atoms with Crippen molar-refractivity contribution in [2.75, 3.05) is 33.0 Å². The van der Waals surface area contributed by atoms with Gasteiger partial charge in [-0.15, -0.1) is 0 Å². The lowest BCUT2D eigenvalue weighted by molar-refractivity contribution is -1.05. The quantitative estimate of drug-likeness (QED) is 0.277. The Morgan fingerprint density at radius 3 is 2.37 bits per heavy atom. The van der Waals surface area contributed by atoms with E-state index in [0.29, 0.717) is 12.0 Å². The molecule has 0 atom stereocenters. The number of carbonyl (C=O) groups excluding carboxylic acids is 1. The third-order valence-electron chi connectivity index (χ3n) is 2.27. The smallest absolute Gasteiger partial charge is 0.333 e. The van der Waals surface area contributed by atoms with Crippen LogP contribution in [0.5, 0.6) is 0 Å². The van der Waals surface area contributed by atoms with E-state index in [1.807, 2.05) is 6.92 Å². The number of likely N-dealkylation sites (N-methyl/N-ethyl adjacent to an activating group) is 1. The van der Waals surface area contributed by atoms with Gasteiger partial charge in [0.05, 0.1) is 19.8 Å². The van der Waals surface area contributed by atoms with Gasteiger partial charge in [0.2, 0.25) is 0 Å². The predicted octanol–water partition coefficient (Wildman–Crippen LogP) is 1.24. The molecule has 0 radical (unpaired) electrons. The van der Waals surface area contributed by atoms with Crippen LogP contribution in [0.1, 0.15) is 26.7 Å². The maximum absolute atomic E-state index is 11.7. The third-order valence-corrected chi connectivity index (χ3v) is 3.69. The van der Waals surface area contributed by atoms with Gasteiger partial charge < -0.3 is 4.74 Å². The average molecular weight is 294 g/mol. The largest absolute Gasteiger partial charge is 0.456 e. The van der Waals surface area contributed by atoms with Crippen molar-refractivity contribution in [1.29, 1.82) is 0 Å². The number of esters is 1. The van der Waals surface area contributed by atoms with E-state index in [2.05, 4.69) is 6.58 Å². The molecule has 7 heteroatoms. The number of carbonyl (C=O) groups is 1. The second-order valence-electron chi connectivity index (χ2n) is 4.90. The Balaban J connectivity index is 4.25. The molecule has 0 saturated heterocycles. The van der Waals surface area contributed by atoms with Gasteiger partial charge in [-0.05, 0) is 13.3 Å². The molecule has 0 spiro atoms. The van der Waals surface area contributed by atoms with Gasteiger partial charge in [0.1, 0.15) is 13.2 Å². The molecule has 19 heavy (non-hydrogen) atoms. The summed E-state index contributed by atoms with van der Waals surface area (Å²) >= 11 is 0. The van der Waals surface area contributed by atoms with Crippen LogP contribution in [0.3, 0.4) is 0 Å². The first-order chi connectivity index (χ1) is 8.59. The van der Waals surface area contributed by atoms with Gasteiger partial charge in [-0.3, -0.25) is 0 Å². The van der Waals surface area contributed by atoms with Crippen LogP contribution in [0.15, 0.2) is 12.2 Å². The third kappa shape index (κ3) is 8.74. The highest BCUT2D eigenvalue weighted by atomic mass is 32.2. The van der Waals surface area contributed by atoms with Crippen molar-refractivity contribution in [2.24, 2.45) is 0 Å². The Morgan fingerprint density at radius 2 is 1.89 bits per heavy atom. The molecule has 0 aromatic rings. The fraction of sp³-hybridized carbons (Fsp3) is 0.750. The maximum Gasteiger partial charge on any atom is 0.333 e. The zero-order chi connectivity index (χ0) is 15.1. The SMILES string of the molecule is C=C(C)C(=O)OCC[N+](C)(C)OS(=O)(=O)CCCC. The van der Waals surface area contributed by atoms with E-state index < -0.39 is 16.1 Å². The Kier molecular flexibility index (Phi) is 7.25. The number of quaternary nitrogens is 1. The van der Waals surface area contributed by atoms with E-state index in [0.717, 1.165) is 6.42 Å². The zero-order valence-electron chi connectivity index (χ0n) is 12.1. The summed E-state index contributed by atoms with van der Waals surface area (Å²) in [5.41, 5.74) is 0.307. The molecule has 6 nitrogen and oxygen atoms in total. The summed E-state index contributed by atoms with van der Waals surface area (Å²) < 4.78 is 33.1. The number of hydrogen-bond donors (Lipinski definition) is 0. The van der Waals surface area contributed by atoms with E-state index in [1.165, 1.54) is 0 Å². The lowest BCUT2D eigenvalue weighted by Gasteiger charge is -2.25. The van der Waals surface area contributed by atoms with Crippen LogP contribution in [-0.2, 0) is 23.9 Å². The first kappa shape index (κ1) is 18.1. The molecule has 0 aromatic carbocycles. The van der Waals surface area contributed by atoms with Gasteiger partial charge in [-0.1, -0.05) is 24.2 Å². The lowest BCUT2D eigenvalue weighted by Crippen LogP contribution is -2.44. The summed E-state index contributed by atoms with van der Waals surface area (Å²) in [7, 11) is -0.364. The number of rotatable bonds is 9. The molecule has 0 unspecified atom stereocenters. The van der Waals surface area contributed by atoms with E-state index in [9.17, 15) is 13.2 Å². The maximum atomic E-state index is 11.7. The molecular formula is C12H24NO5S+. The van der Waals surface area contributed by atoms with Gasteiger partial charge in [-0.25, -0.2) is 4.79 Å².